The number of aryl methyl sites for hydroxylation is 1. The fraction of sp³-hybridized carbons (Fsp3) is 0.429. The highest BCUT2D eigenvalue weighted by Gasteiger charge is 2.19. The fourth-order valence-electron chi connectivity index (χ4n) is 3.58. The van der Waals surface area contributed by atoms with Crippen molar-refractivity contribution in [3.63, 3.8) is 0 Å². The Morgan fingerprint density at radius 3 is 2.84 bits per heavy atom. The predicted octanol–water partition coefficient (Wildman–Crippen LogP) is 4.63. The van der Waals surface area contributed by atoms with Gasteiger partial charge in [-0.3, -0.25) is 4.79 Å². The summed E-state index contributed by atoms with van der Waals surface area (Å²) in [5.41, 5.74) is 3.42. The van der Waals surface area contributed by atoms with E-state index in [2.05, 4.69) is 6.08 Å². The topological polar surface area (TPSA) is 67.5 Å². The Hall–Kier alpha value is -2.36. The summed E-state index contributed by atoms with van der Waals surface area (Å²) in [5.74, 6) is -1.14. The van der Waals surface area contributed by atoms with Gasteiger partial charge in [0.2, 0.25) is 0 Å². The third-order valence-electron chi connectivity index (χ3n) is 5.04. The van der Waals surface area contributed by atoms with Crippen LogP contribution in [0.1, 0.15) is 49.7 Å². The number of rotatable bonds is 6. The molecule has 2 aromatic rings. The Labute approximate surface area is 147 Å². The van der Waals surface area contributed by atoms with Crippen molar-refractivity contribution in [1.82, 2.24) is 0 Å². The minimum absolute atomic E-state index is 0.359. The Balaban J connectivity index is 1.75. The van der Waals surface area contributed by atoms with Crippen LogP contribution in [0, 0.1) is 12.8 Å². The van der Waals surface area contributed by atoms with E-state index in [1.165, 1.54) is 24.5 Å². The summed E-state index contributed by atoms with van der Waals surface area (Å²) in [5, 5.41) is 10.5. The molecule has 25 heavy (non-hydrogen) atoms. The molecule has 1 aromatic heterocycles. The normalized spacial score (nSPS) is 15.8. The second-order valence-corrected chi connectivity index (χ2v) is 6.97. The van der Waals surface area contributed by atoms with E-state index < -0.39 is 11.9 Å². The SMILES string of the molecule is Cc1cc(=O)oc2ccc(CC(CCC3=CCCCC3)C(=O)O)cc12. The van der Waals surface area contributed by atoms with E-state index in [0.29, 0.717) is 18.4 Å². The molecule has 4 nitrogen and oxygen atoms in total. The average Bonchev–Trinajstić information content (AvgIpc) is 2.59. The predicted molar refractivity (Wildman–Crippen MR) is 97.8 cm³/mol. The van der Waals surface area contributed by atoms with Gasteiger partial charge in [-0.1, -0.05) is 17.7 Å². The highest BCUT2D eigenvalue weighted by atomic mass is 16.4. The van der Waals surface area contributed by atoms with E-state index in [9.17, 15) is 14.7 Å². The zero-order valence-electron chi connectivity index (χ0n) is 14.6. The maximum atomic E-state index is 11.7. The number of carboxylic acid groups (broad SMARTS) is 1. The molecule has 1 aliphatic rings. The van der Waals surface area contributed by atoms with Crippen molar-refractivity contribution in [2.45, 2.75) is 51.9 Å². The van der Waals surface area contributed by atoms with Gasteiger partial charge in [-0.25, -0.2) is 4.79 Å². The molecule has 1 heterocycles. The molecule has 0 radical (unpaired) electrons. The molecule has 4 heteroatoms. The average molecular weight is 340 g/mol. The number of hydrogen-bond donors (Lipinski definition) is 1. The molecule has 1 aromatic carbocycles. The van der Waals surface area contributed by atoms with Crippen LogP contribution in [0.3, 0.4) is 0 Å². The number of allylic oxidation sites excluding steroid dienone is 2. The van der Waals surface area contributed by atoms with Crippen molar-refractivity contribution in [1.29, 1.82) is 0 Å². The minimum atomic E-state index is -0.743. The molecule has 0 spiro atoms. The number of carboxylic acids is 1. The second-order valence-electron chi connectivity index (χ2n) is 6.97. The first-order chi connectivity index (χ1) is 12.0. The lowest BCUT2D eigenvalue weighted by atomic mass is 9.89. The van der Waals surface area contributed by atoms with Crippen LogP contribution in [0.4, 0.5) is 0 Å². The Morgan fingerprint density at radius 1 is 1.28 bits per heavy atom. The fourth-order valence-corrected chi connectivity index (χ4v) is 3.58. The van der Waals surface area contributed by atoms with Gasteiger partial charge in [0.05, 0.1) is 5.92 Å². The van der Waals surface area contributed by atoms with Gasteiger partial charge in [-0.15, -0.1) is 0 Å². The van der Waals surface area contributed by atoms with E-state index in [0.717, 1.165) is 35.8 Å². The molecule has 0 fully saturated rings. The maximum Gasteiger partial charge on any atom is 0.336 e. The molecule has 0 bridgehead atoms. The lowest BCUT2D eigenvalue weighted by molar-refractivity contribution is -0.141. The molecule has 0 saturated carbocycles. The summed E-state index contributed by atoms with van der Waals surface area (Å²) in [6.45, 7) is 1.87. The van der Waals surface area contributed by atoms with Gasteiger partial charge in [0.25, 0.3) is 0 Å². The zero-order valence-corrected chi connectivity index (χ0v) is 14.6. The van der Waals surface area contributed by atoms with Crippen LogP contribution in [-0.2, 0) is 11.2 Å². The van der Waals surface area contributed by atoms with E-state index in [4.69, 9.17) is 4.42 Å². The Morgan fingerprint density at radius 2 is 2.12 bits per heavy atom. The molecule has 1 atom stereocenters. The lowest BCUT2D eigenvalue weighted by Gasteiger charge is -2.16. The summed E-state index contributed by atoms with van der Waals surface area (Å²) < 4.78 is 5.20. The van der Waals surface area contributed by atoms with Crippen LogP contribution in [-0.4, -0.2) is 11.1 Å². The van der Waals surface area contributed by atoms with Crippen LogP contribution in [0.25, 0.3) is 11.0 Å². The largest absolute Gasteiger partial charge is 0.481 e. The van der Waals surface area contributed by atoms with Crippen LogP contribution in [0.5, 0.6) is 0 Å². The van der Waals surface area contributed by atoms with Crippen molar-refractivity contribution in [2.24, 2.45) is 5.92 Å². The highest BCUT2D eigenvalue weighted by Crippen LogP contribution is 2.26. The minimum Gasteiger partial charge on any atom is -0.481 e. The number of hydrogen-bond acceptors (Lipinski definition) is 3. The van der Waals surface area contributed by atoms with Crippen molar-refractivity contribution in [3.8, 4) is 0 Å². The van der Waals surface area contributed by atoms with Gasteiger partial charge >= 0.3 is 11.6 Å². The third kappa shape index (κ3) is 4.38. The molecule has 3 rings (SSSR count). The van der Waals surface area contributed by atoms with E-state index in [1.54, 1.807) is 6.07 Å². The lowest BCUT2D eigenvalue weighted by Crippen LogP contribution is -2.17. The van der Waals surface area contributed by atoms with Crippen molar-refractivity contribution in [3.05, 3.63) is 57.5 Å². The van der Waals surface area contributed by atoms with Crippen molar-refractivity contribution in [2.75, 3.05) is 0 Å². The molecule has 132 valence electrons. The first-order valence-electron chi connectivity index (χ1n) is 8.97. The molecule has 1 aliphatic carbocycles. The smallest absolute Gasteiger partial charge is 0.336 e. The molecule has 0 saturated heterocycles. The van der Waals surface area contributed by atoms with E-state index >= 15 is 0 Å². The maximum absolute atomic E-state index is 11.7. The summed E-state index contributed by atoms with van der Waals surface area (Å²) in [6, 6.07) is 7.04. The van der Waals surface area contributed by atoms with Crippen LogP contribution in [0.2, 0.25) is 0 Å². The number of aliphatic carboxylic acids is 1. The van der Waals surface area contributed by atoms with Gasteiger partial charge in [0.15, 0.2) is 0 Å². The standard InChI is InChI=1S/C21H24O4/c1-14-11-20(22)25-19-10-8-16(13-18(14)19)12-17(21(23)24)9-7-15-5-3-2-4-6-15/h5,8,10-11,13,17H,2-4,6-7,9,12H2,1H3,(H,23,24). The molecular formula is C21H24O4. The molecule has 0 amide bonds. The van der Waals surface area contributed by atoms with E-state index in [1.807, 2.05) is 19.1 Å². The summed E-state index contributed by atoms with van der Waals surface area (Å²) in [7, 11) is 0. The van der Waals surface area contributed by atoms with Gasteiger partial charge in [0.1, 0.15) is 5.58 Å². The van der Waals surface area contributed by atoms with Gasteiger partial charge in [0, 0.05) is 11.5 Å². The van der Waals surface area contributed by atoms with Crippen LogP contribution < -0.4 is 5.63 Å². The molecule has 1 unspecified atom stereocenters. The Bertz CT molecular complexity index is 860. The van der Waals surface area contributed by atoms with Gasteiger partial charge in [-0.2, -0.15) is 0 Å². The monoisotopic (exact) mass is 340 g/mol. The number of carbonyl (C=O) groups is 1. The van der Waals surface area contributed by atoms with Gasteiger partial charge in [-0.05, 0) is 75.1 Å². The quantitative estimate of drug-likeness (QED) is 0.615. The van der Waals surface area contributed by atoms with Crippen LogP contribution in [0.15, 0.2) is 45.1 Å². The van der Waals surface area contributed by atoms with Crippen molar-refractivity contribution < 1.29 is 14.3 Å². The van der Waals surface area contributed by atoms with Crippen LogP contribution >= 0.6 is 0 Å². The number of benzene rings is 1. The summed E-state index contributed by atoms with van der Waals surface area (Å²) >= 11 is 0. The number of fused-ring (bicyclic) bond motifs is 1. The second kappa shape index (κ2) is 7.68. The van der Waals surface area contributed by atoms with Gasteiger partial charge < -0.3 is 9.52 Å². The van der Waals surface area contributed by atoms with E-state index in [-0.39, 0.29) is 5.63 Å². The molecular weight excluding hydrogens is 316 g/mol. The molecule has 1 N–H and O–H groups in total. The first kappa shape index (κ1) is 17.5. The third-order valence-corrected chi connectivity index (χ3v) is 5.04. The van der Waals surface area contributed by atoms with Crippen molar-refractivity contribution >= 4 is 16.9 Å². The highest BCUT2D eigenvalue weighted by molar-refractivity contribution is 5.81. The molecule has 0 aliphatic heterocycles. The summed E-state index contributed by atoms with van der Waals surface area (Å²) in [4.78, 5) is 23.1. The summed E-state index contributed by atoms with van der Waals surface area (Å²) in [6.07, 6.45) is 9.03. The Kier molecular flexibility index (Phi) is 5.37. The first-order valence-corrected chi connectivity index (χ1v) is 8.97. The zero-order chi connectivity index (χ0) is 17.8.